The quantitative estimate of drug-likeness (QED) is 0.0160. The number of aliphatic hydroxyl groups is 1. The molecule has 1 heterocycles. The first kappa shape index (κ1) is 53.7. The number of ether oxygens (including phenoxy) is 3. The molecule has 11 heteroatoms. The summed E-state index contributed by atoms with van der Waals surface area (Å²) >= 11 is 0. The number of esters is 1. The van der Waals surface area contributed by atoms with Gasteiger partial charge in [0.05, 0.1) is 46.6 Å². The highest BCUT2D eigenvalue weighted by Crippen LogP contribution is 2.38. The minimum Gasteiger partial charge on any atom is -0.756 e. The van der Waals surface area contributed by atoms with Gasteiger partial charge < -0.3 is 37.7 Å². The molecule has 5 unspecified atom stereocenters. The standard InChI is InChI=1S/C46H86NO9P/c1-6-8-10-12-14-15-16-17-18-19-20-21-22-23-27-31-38-52-40-43(41-54-57(50,51)53-39-37-47(3,4)5)55-46(49)34-30-26-25-28-32-42(48)35-36-45-44(56-45)33-29-24-13-11-9-7-2/h24-25,28-29,35-36,42-45,48H,6-23,26-27,30-34,37-41H2,1-5H3/b28-25+,29-24+,36-35-. The molecule has 0 aromatic carbocycles. The molecule has 10 nitrogen and oxygen atoms in total. The first-order chi connectivity index (χ1) is 27.5. The molecule has 57 heavy (non-hydrogen) atoms. The maximum Gasteiger partial charge on any atom is 0.306 e. The van der Waals surface area contributed by atoms with Gasteiger partial charge in [-0.1, -0.05) is 159 Å². The van der Waals surface area contributed by atoms with E-state index in [0.717, 1.165) is 25.7 Å². The number of nitrogens with zero attached hydrogens (tertiary/aromatic N) is 1. The Hall–Kier alpha value is -1.36. The maximum atomic E-state index is 12.7. The van der Waals surface area contributed by atoms with Gasteiger partial charge in [0, 0.05) is 13.0 Å². The van der Waals surface area contributed by atoms with Crippen LogP contribution in [0.15, 0.2) is 36.5 Å². The lowest BCUT2D eigenvalue weighted by atomic mass is 10.0. The molecule has 1 N–H and O–H groups in total. The summed E-state index contributed by atoms with van der Waals surface area (Å²) in [7, 11) is 1.26. The summed E-state index contributed by atoms with van der Waals surface area (Å²) in [4.78, 5) is 25.1. The predicted molar refractivity (Wildman–Crippen MR) is 232 cm³/mol. The van der Waals surface area contributed by atoms with Crippen molar-refractivity contribution in [2.45, 2.75) is 199 Å². The second-order valence-corrected chi connectivity index (χ2v) is 18.4. The number of aliphatic hydroxyl groups excluding tert-OH is 1. The van der Waals surface area contributed by atoms with Crippen LogP contribution in [0, 0.1) is 0 Å². The number of hydrogen-bond acceptors (Lipinski definition) is 9. The van der Waals surface area contributed by atoms with E-state index in [9.17, 15) is 19.4 Å². The number of phosphoric ester groups is 1. The van der Waals surface area contributed by atoms with Crippen LogP contribution in [0.5, 0.6) is 0 Å². The number of likely N-dealkylation sites (N-methyl/N-ethyl adjacent to an activating group) is 1. The molecule has 1 aliphatic heterocycles. The number of carbonyl (C=O) groups is 1. The summed E-state index contributed by atoms with van der Waals surface area (Å²) in [5.41, 5.74) is 0. The zero-order valence-corrected chi connectivity index (χ0v) is 38.0. The normalized spacial score (nSPS) is 18.2. The average Bonchev–Trinajstić information content (AvgIpc) is 3.92. The lowest BCUT2D eigenvalue weighted by Gasteiger charge is -2.28. The molecule has 0 aromatic rings. The summed E-state index contributed by atoms with van der Waals surface area (Å²) in [5, 5.41) is 10.3. The number of rotatable bonds is 41. The van der Waals surface area contributed by atoms with Gasteiger partial charge in [0.2, 0.25) is 0 Å². The first-order valence-corrected chi connectivity index (χ1v) is 24.4. The molecule has 0 amide bonds. The monoisotopic (exact) mass is 828 g/mol. The number of quaternary nitrogens is 1. The molecule has 334 valence electrons. The van der Waals surface area contributed by atoms with E-state index in [2.05, 4.69) is 26.0 Å². The van der Waals surface area contributed by atoms with Crippen LogP contribution < -0.4 is 4.89 Å². The van der Waals surface area contributed by atoms with Crippen molar-refractivity contribution >= 4 is 13.8 Å². The number of phosphoric acid groups is 1. The van der Waals surface area contributed by atoms with Crippen molar-refractivity contribution in [1.29, 1.82) is 0 Å². The van der Waals surface area contributed by atoms with Gasteiger partial charge in [-0.15, -0.1) is 0 Å². The van der Waals surface area contributed by atoms with Crippen molar-refractivity contribution < 1.29 is 47.1 Å². The minimum absolute atomic E-state index is 0.00214. The zero-order chi connectivity index (χ0) is 41.9. The highest BCUT2D eigenvalue weighted by Gasteiger charge is 2.35. The van der Waals surface area contributed by atoms with Crippen LogP contribution in [0.3, 0.4) is 0 Å². The largest absolute Gasteiger partial charge is 0.756 e. The van der Waals surface area contributed by atoms with Crippen molar-refractivity contribution in [2.24, 2.45) is 0 Å². The highest BCUT2D eigenvalue weighted by atomic mass is 31.2. The summed E-state index contributed by atoms with van der Waals surface area (Å²) < 4.78 is 40.2. The van der Waals surface area contributed by atoms with Gasteiger partial charge in [-0.25, -0.2) is 0 Å². The minimum atomic E-state index is -4.57. The number of epoxide rings is 1. The summed E-state index contributed by atoms with van der Waals surface area (Å²) in [5.74, 6) is -0.438. The van der Waals surface area contributed by atoms with Gasteiger partial charge in [-0.2, -0.15) is 0 Å². The lowest BCUT2D eigenvalue weighted by Crippen LogP contribution is -2.37. The molecule has 0 saturated carbocycles. The van der Waals surface area contributed by atoms with Crippen LogP contribution in [0.1, 0.15) is 174 Å². The van der Waals surface area contributed by atoms with E-state index in [1.165, 1.54) is 109 Å². The van der Waals surface area contributed by atoms with Gasteiger partial charge in [-0.05, 0) is 44.9 Å². The van der Waals surface area contributed by atoms with Gasteiger partial charge in [0.15, 0.2) is 0 Å². The van der Waals surface area contributed by atoms with Crippen LogP contribution in [-0.4, -0.2) is 94.1 Å². The molecular formula is C46H86NO9P. The molecule has 1 saturated heterocycles. The fourth-order valence-corrected chi connectivity index (χ4v) is 7.10. The number of carbonyl (C=O) groups excluding carboxylic acids is 1. The van der Waals surface area contributed by atoms with E-state index in [0.29, 0.717) is 36.9 Å². The molecule has 0 aliphatic carbocycles. The van der Waals surface area contributed by atoms with Crippen LogP contribution in [0.2, 0.25) is 0 Å². The van der Waals surface area contributed by atoms with Crippen LogP contribution in [0.4, 0.5) is 0 Å². The molecule has 1 fully saturated rings. The SMILES string of the molecule is CCCCC/C=C/CC1OC1/C=C\C(O)C/C=C/CCCC(=O)OC(COCCCCCCCCCCCCCCCCCC)COP(=O)([O-])OCC[N+](C)(C)C. The molecule has 0 spiro atoms. The van der Waals surface area contributed by atoms with Crippen molar-refractivity contribution in [1.82, 2.24) is 0 Å². The first-order valence-electron chi connectivity index (χ1n) is 23.0. The molecule has 1 rings (SSSR count). The Bertz CT molecular complexity index is 1090. The summed E-state index contributed by atoms with van der Waals surface area (Å²) in [6.45, 7) is 5.18. The van der Waals surface area contributed by atoms with Crippen molar-refractivity contribution in [3.05, 3.63) is 36.5 Å². The predicted octanol–water partition coefficient (Wildman–Crippen LogP) is 10.7. The lowest BCUT2D eigenvalue weighted by molar-refractivity contribution is -0.870. The topological polar surface area (TPSA) is 127 Å². The Morgan fingerprint density at radius 1 is 0.737 bits per heavy atom. The van der Waals surface area contributed by atoms with Crippen LogP contribution >= 0.6 is 7.82 Å². The fraction of sp³-hybridized carbons (Fsp3) is 0.848. The van der Waals surface area contributed by atoms with Crippen molar-refractivity contribution in [3.8, 4) is 0 Å². The summed E-state index contributed by atoms with van der Waals surface area (Å²) in [6.07, 6.45) is 39.2. The molecule has 5 atom stereocenters. The number of unbranched alkanes of at least 4 members (excludes halogenated alkanes) is 19. The van der Waals surface area contributed by atoms with Crippen molar-refractivity contribution in [3.63, 3.8) is 0 Å². The highest BCUT2D eigenvalue weighted by molar-refractivity contribution is 7.45. The second kappa shape index (κ2) is 35.4. The smallest absolute Gasteiger partial charge is 0.306 e. The third kappa shape index (κ3) is 36.2. The molecule has 1 aliphatic rings. The van der Waals surface area contributed by atoms with E-state index in [4.69, 9.17) is 23.3 Å². The molecule has 0 aromatic heterocycles. The maximum absolute atomic E-state index is 12.7. The third-order valence-corrected chi connectivity index (χ3v) is 11.1. The van der Waals surface area contributed by atoms with Gasteiger partial charge in [0.1, 0.15) is 25.4 Å². The van der Waals surface area contributed by atoms with E-state index in [1.807, 2.05) is 39.4 Å². The van der Waals surface area contributed by atoms with Gasteiger partial charge in [0.25, 0.3) is 7.82 Å². The molecular weight excluding hydrogens is 741 g/mol. The fourth-order valence-electron chi connectivity index (χ4n) is 6.38. The third-order valence-electron chi connectivity index (χ3n) is 10.1. The van der Waals surface area contributed by atoms with Crippen molar-refractivity contribution in [2.75, 3.05) is 54.1 Å². The van der Waals surface area contributed by atoms with Crippen LogP contribution in [0.25, 0.3) is 0 Å². The number of hydrogen-bond donors (Lipinski definition) is 1. The number of allylic oxidation sites excluding steroid dienone is 2. The van der Waals surface area contributed by atoms with E-state index >= 15 is 0 Å². The van der Waals surface area contributed by atoms with Gasteiger partial charge >= 0.3 is 5.97 Å². The Morgan fingerprint density at radius 3 is 1.91 bits per heavy atom. The van der Waals surface area contributed by atoms with E-state index < -0.39 is 26.0 Å². The Morgan fingerprint density at radius 2 is 1.30 bits per heavy atom. The Kier molecular flexibility index (Phi) is 33.3. The second-order valence-electron chi connectivity index (χ2n) is 17.0. The molecule has 0 radical (unpaired) electrons. The van der Waals surface area contributed by atoms with E-state index in [-0.39, 0.29) is 38.4 Å². The van der Waals surface area contributed by atoms with Crippen LogP contribution in [-0.2, 0) is 32.6 Å². The molecule has 0 bridgehead atoms. The Balaban J connectivity index is 2.29. The average molecular weight is 828 g/mol. The summed E-state index contributed by atoms with van der Waals surface area (Å²) in [6, 6.07) is 0. The zero-order valence-electron chi connectivity index (χ0n) is 37.1. The Labute approximate surface area is 349 Å². The van der Waals surface area contributed by atoms with E-state index in [1.54, 1.807) is 6.08 Å². The van der Waals surface area contributed by atoms with Gasteiger partial charge in [-0.3, -0.25) is 9.36 Å².